The zero-order valence-electron chi connectivity index (χ0n) is 14.5. The molecule has 0 spiro atoms. The van der Waals surface area contributed by atoms with Crippen molar-refractivity contribution in [2.45, 2.75) is 31.9 Å². The number of ether oxygens (including phenoxy) is 1. The van der Waals surface area contributed by atoms with Gasteiger partial charge in [-0.25, -0.2) is 4.79 Å². The molecule has 9 heteroatoms. The second-order valence-electron chi connectivity index (χ2n) is 6.49. The lowest BCUT2D eigenvalue weighted by Gasteiger charge is -2.34. The third kappa shape index (κ3) is 2.85. The molecule has 3 N–H and O–H groups in total. The van der Waals surface area contributed by atoms with Crippen LogP contribution >= 0.6 is 0 Å². The topological polar surface area (TPSA) is 122 Å². The lowest BCUT2D eigenvalue weighted by atomic mass is 9.99. The van der Waals surface area contributed by atoms with Crippen molar-refractivity contribution in [3.8, 4) is 5.75 Å². The smallest absolute Gasteiger partial charge is 0.325 e. The number of nitrogens with one attached hydrogen (secondary N) is 1. The van der Waals surface area contributed by atoms with Crippen LogP contribution in [0.2, 0.25) is 0 Å². The number of carbonyl (C=O) groups excluding carboxylic acids is 4. The number of benzene rings is 1. The first kappa shape index (κ1) is 17.7. The second-order valence-corrected chi connectivity index (χ2v) is 6.49. The number of rotatable bonds is 4. The van der Waals surface area contributed by atoms with Crippen molar-refractivity contribution in [1.29, 1.82) is 0 Å². The molecule has 1 fully saturated rings. The Morgan fingerprint density at radius 1 is 1.35 bits per heavy atom. The number of para-hydroxylation sites is 2. The number of urea groups is 1. The average Bonchev–Trinajstić information content (AvgIpc) is 2.84. The molecule has 0 aromatic heterocycles. The van der Waals surface area contributed by atoms with Crippen molar-refractivity contribution in [3.05, 3.63) is 24.3 Å². The van der Waals surface area contributed by atoms with Crippen LogP contribution in [-0.4, -0.2) is 53.4 Å². The van der Waals surface area contributed by atoms with Crippen molar-refractivity contribution >= 4 is 29.4 Å². The summed E-state index contributed by atoms with van der Waals surface area (Å²) in [5.41, 5.74) is 4.76. The van der Waals surface area contributed by atoms with Crippen LogP contribution in [0, 0.1) is 0 Å². The molecule has 1 aromatic carbocycles. The molecule has 138 valence electrons. The molecule has 26 heavy (non-hydrogen) atoms. The Hall–Kier alpha value is -3.10. The Kier molecular flexibility index (Phi) is 4.31. The van der Waals surface area contributed by atoms with Crippen molar-refractivity contribution in [2.24, 2.45) is 5.73 Å². The summed E-state index contributed by atoms with van der Waals surface area (Å²) >= 11 is 0. The van der Waals surface area contributed by atoms with Gasteiger partial charge in [0.15, 0.2) is 6.10 Å². The van der Waals surface area contributed by atoms with Crippen LogP contribution in [0.3, 0.4) is 0 Å². The van der Waals surface area contributed by atoms with Crippen LogP contribution in [-0.2, 0) is 14.4 Å². The molecular weight excluding hydrogens is 340 g/mol. The normalized spacial score (nSPS) is 24.8. The van der Waals surface area contributed by atoms with E-state index in [1.54, 1.807) is 38.1 Å². The summed E-state index contributed by atoms with van der Waals surface area (Å²) in [5, 5.41) is 2.60. The van der Waals surface area contributed by atoms with Gasteiger partial charge < -0.3 is 20.7 Å². The highest BCUT2D eigenvalue weighted by Crippen LogP contribution is 2.33. The maximum absolute atomic E-state index is 12.8. The fraction of sp³-hybridized carbons (Fsp3) is 0.412. The summed E-state index contributed by atoms with van der Waals surface area (Å²) in [6, 6.07) is 6.09. The van der Waals surface area contributed by atoms with Gasteiger partial charge in [0, 0.05) is 0 Å². The van der Waals surface area contributed by atoms with E-state index in [0.29, 0.717) is 17.9 Å². The van der Waals surface area contributed by atoms with Gasteiger partial charge >= 0.3 is 6.03 Å². The predicted molar refractivity (Wildman–Crippen MR) is 91.3 cm³/mol. The average molecular weight is 360 g/mol. The number of anilines is 1. The van der Waals surface area contributed by atoms with Crippen LogP contribution in [0.25, 0.3) is 0 Å². The zero-order valence-corrected chi connectivity index (χ0v) is 14.5. The molecule has 1 saturated heterocycles. The first-order valence-electron chi connectivity index (χ1n) is 8.26. The first-order chi connectivity index (χ1) is 12.3. The maximum atomic E-state index is 12.8. The SMILES string of the molecule is CC[C@]1(C)NC(=O)N(CC(=O)N2C[C@@H](C(N)=O)Oc3ccccc32)C1=O. The van der Waals surface area contributed by atoms with Gasteiger partial charge in [0.05, 0.1) is 12.2 Å². The molecule has 1 aromatic rings. The molecule has 9 nitrogen and oxygen atoms in total. The Morgan fingerprint density at radius 3 is 2.65 bits per heavy atom. The lowest BCUT2D eigenvalue weighted by molar-refractivity contribution is -0.134. The van der Waals surface area contributed by atoms with Crippen molar-refractivity contribution in [2.75, 3.05) is 18.0 Å². The van der Waals surface area contributed by atoms with Gasteiger partial charge in [-0.3, -0.25) is 19.3 Å². The van der Waals surface area contributed by atoms with E-state index in [-0.39, 0.29) is 6.54 Å². The second kappa shape index (κ2) is 6.32. The minimum atomic E-state index is -1.02. The summed E-state index contributed by atoms with van der Waals surface area (Å²) in [4.78, 5) is 51.2. The van der Waals surface area contributed by atoms with E-state index in [1.165, 1.54) is 4.90 Å². The van der Waals surface area contributed by atoms with Crippen molar-refractivity contribution in [3.63, 3.8) is 0 Å². The molecule has 3 rings (SSSR count). The third-order valence-corrected chi connectivity index (χ3v) is 4.74. The highest BCUT2D eigenvalue weighted by atomic mass is 16.5. The summed E-state index contributed by atoms with van der Waals surface area (Å²) in [6.07, 6.45) is -0.593. The quantitative estimate of drug-likeness (QED) is 0.731. The summed E-state index contributed by atoms with van der Waals surface area (Å²) in [5.74, 6) is -1.32. The van der Waals surface area contributed by atoms with E-state index in [0.717, 1.165) is 4.90 Å². The summed E-state index contributed by atoms with van der Waals surface area (Å²) in [7, 11) is 0. The van der Waals surface area contributed by atoms with Gasteiger partial charge in [-0.2, -0.15) is 0 Å². The van der Waals surface area contributed by atoms with E-state index in [2.05, 4.69) is 5.32 Å². The molecule has 0 aliphatic carbocycles. The molecular formula is C17H20N4O5. The van der Waals surface area contributed by atoms with E-state index in [4.69, 9.17) is 10.5 Å². The van der Waals surface area contributed by atoms with Crippen LogP contribution in [0.15, 0.2) is 24.3 Å². The van der Waals surface area contributed by atoms with Gasteiger partial charge in [-0.1, -0.05) is 19.1 Å². The Bertz CT molecular complexity index is 795. The number of hydrogen-bond donors (Lipinski definition) is 2. The number of nitrogens with two attached hydrogens (primary N) is 1. The number of amides is 5. The first-order valence-corrected chi connectivity index (χ1v) is 8.26. The Morgan fingerprint density at radius 2 is 2.04 bits per heavy atom. The fourth-order valence-corrected chi connectivity index (χ4v) is 2.97. The van der Waals surface area contributed by atoms with Gasteiger partial charge in [-0.15, -0.1) is 0 Å². The lowest BCUT2D eigenvalue weighted by Crippen LogP contribution is -2.52. The maximum Gasteiger partial charge on any atom is 0.325 e. The molecule has 0 bridgehead atoms. The van der Waals surface area contributed by atoms with Gasteiger partial charge in [0.1, 0.15) is 17.8 Å². The third-order valence-electron chi connectivity index (χ3n) is 4.74. The number of hydrogen-bond acceptors (Lipinski definition) is 5. The zero-order chi connectivity index (χ0) is 19.1. The molecule has 2 heterocycles. The largest absolute Gasteiger partial charge is 0.477 e. The van der Waals surface area contributed by atoms with Crippen LogP contribution < -0.4 is 20.7 Å². The number of carbonyl (C=O) groups is 4. The van der Waals surface area contributed by atoms with Gasteiger partial charge in [0.25, 0.3) is 11.8 Å². The van der Waals surface area contributed by atoms with Crippen LogP contribution in [0.1, 0.15) is 20.3 Å². The number of primary amides is 1. The summed E-state index contributed by atoms with van der Waals surface area (Å²) in [6.45, 7) is 2.88. The molecule has 0 radical (unpaired) electrons. The molecule has 2 aliphatic heterocycles. The van der Waals surface area contributed by atoms with Gasteiger partial charge in [0.2, 0.25) is 5.91 Å². The molecule has 5 amide bonds. The van der Waals surface area contributed by atoms with E-state index >= 15 is 0 Å². The standard InChI is InChI=1S/C17H20N4O5/c1-3-17(2)15(24)21(16(25)19-17)9-13(22)20-8-12(14(18)23)26-11-7-5-4-6-10(11)20/h4-7,12H,3,8-9H2,1-2H3,(H2,18,23)(H,19,25)/t12-,17-/m0/s1. The number of fused-ring (bicyclic) bond motifs is 1. The minimum Gasteiger partial charge on any atom is -0.477 e. The van der Waals surface area contributed by atoms with E-state index in [1.807, 2.05) is 0 Å². The molecule has 2 atom stereocenters. The van der Waals surface area contributed by atoms with E-state index in [9.17, 15) is 19.2 Å². The molecule has 2 aliphatic rings. The number of nitrogens with zero attached hydrogens (tertiary/aromatic N) is 2. The van der Waals surface area contributed by atoms with Crippen molar-refractivity contribution < 1.29 is 23.9 Å². The van der Waals surface area contributed by atoms with Gasteiger partial charge in [-0.05, 0) is 25.5 Å². The highest BCUT2D eigenvalue weighted by Gasteiger charge is 2.47. The summed E-state index contributed by atoms with van der Waals surface area (Å²) < 4.78 is 5.51. The Balaban J connectivity index is 1.84. The van der Waals surface area contributed by atoms with Crippen molar-refractivity contribution in [1.82, 2.24) is 10.2 Å². The minimum absolute atomic E-state index is 0.0835. The van der Waals surface area contributed by atoms with Crippen LogP contribution in [0.4, 0.5) is 10.5 Å². The molecule has 0 saturated carbocycles. The number of imide groups is 1. The fourth-order valence-electron chi connectivity index (χ4n) is 2.97. The monoisotopic (exact) mass is 360 g/mol. The Labute approximate surface area is 150 Å². The van der Waals surface area contributed by atoms with E-state index < -0.39 is 41.9 Å². The highest BCUT2D eigenvalue weighted by molar-refractivity contribution is 6.10. The van der Waals surface area contributed by atoms with Crippen LogP contribution in [0.5, 0.6) is 5.75 Å². The predicted octanol–water partition coefficient (Wildman–Crippen LogP) is -0.0136. The molecule has 0 unspecified atom stereocenters.